The molecule has 0 aliphatic heterocycles. The smallest absolute Gasteiger partial charge is 0.0991 e. The van der Waals surface area contributed by atoms with Gasteiger partial charge in [-0.15, -0.1) is 0 Å². The summed E-state index contributed by atoms with van der Waals surface area (Å²) in [5.41, 5.74) is 4.01. The molecule has 0 fully saturated rings. The van der Waals surface area contributed by atoms with Gasteiger partial charge in [0.05, 0.1) is 17.8 Å². The van der Waals surface area contributed by atoms with Gasteiger partial charge in [-0.1, -0.05) is 19.9 Å². The fraction of sp³-hybridized carbons (Fsp3) is 0.333. The van der Waals surface area contributed by atoms with Crippen LogP contribution >= 0.6 is 0 Å². The molecule has 0 radical (unpaired) electrons. The van der Waals surface area contributed by atoms with Gasteiger partial charge in [-0.3, -0.25) is 4.68 Å². The monoisotopic (exact) mass is 239 g/mol. The number of nitrogens with zero attached hydrogens (tertiary/aromatic N) is 3. The number of aryl methyl sites for hydroxylation is 1. The van der Waals surface area contributed by atoms with Gasteiger partial charge in [-0.2, -0.15) is 10.4 Å². The first-order valence-electron chi connectivity index (χ1n) is 6.13. The van der Waals surface area contributed by atoms with Gasteiger partial charge in [0.1, 0.15) is 0 Å². The molecule has 0 bridgehead atoms. The summed E-state index contributed by atoms with van der Waals surface area (Å²) < 4.78 is 1.96. The Hall–Kier alpha value is -2.08. The van der Waals surface area contributed by atoms with Crippen LogP contribution in [-0.2, 0) is 6.54 Å². The average Bonchev–Trinajstić information content (AvgIpc) is 2.77. The fourth-order valence-electron chi connectivity index (χ4n) is 1.98. The van der Waals surface area contributed by atoms with E-state index in [2.05, 4.69) is 31.9 Å². The fourth-order valence-corrected chi connectivity index (χ4v) is 1.98. The predicted octanol–water partition coefficient (Wildman–Crippen LogP) is 3.39. The van der Waals surface area contributed by atoms with E-state index in [1.807, 2.05) is 35.3 Å². The van der Waals surface area contributed by atoms with Crippen LogP contribution in [0.1, 0.15) is 25.0 Å². The van der Waals surface area contributed by atoms with Crippen LogP contribution < -0.4 is 0 Å². The molecule has 2 rings (SSSR count). The molecule has 1 aromatic heterocycles. The zero-order valence-electron chi connectivity index (χ0n) is 11.0. The first-order chi connectivity index (χ1) is 8.60. The number of benzene rings is 1. The van der Waals surface area contributed by atoms with Crippen molar-refractivity contribution in [3.05, 3.63) is 41.7 Å². The van der Waals surface area contributed by atoms with Crippen molar-refractivity contribution in [1.82, 2.24) is 9.78 Å². The maximum Gasteiger partial charge on any atom is 0.0991 e. The van der Waals surface area contributed by atoms with E-state index in [1.165, 1.54) is 0 Å². The minimum Gasteiger partial charge on any atom is -0.272 e. The quantitative estimate of drug-likeness (QED) is 0.823. The Morgan fingerprint density at radius 2 is 2.17 bits per heavy atom. The third-order valence-corrected chi connectivity index (χ3v) is 2.86. The molecular formula is C15H17N3. The summed E-state index contributed by atoms with van der Waals surface area (Å²) in [4.78, 5) is 0. The van der Waals surface area contributed by atoms with Crippen LogP contribution in [0.5, 0.6) is 0 Å². The summed E-state index contributed by atoms with van der Waals surface area (Å²) in [7, 11) is 0. The lowest BCUT2D eigenvalue weighted by molar-refractivity contribution is 0.483. The topological polar surface area (TPSA) is 41.6 Å². The van der Waals surface area contributed by atoms with Gasteiger partial charge in [0, 0.05) is 18.3 Å². The molecule has 3 nitrogen and oxygen atoms in total. The lowest BCUT2D eigenvalue weighted by Crippen LogP contribution is -2.03. The molecule has 0 N–H and O–H groups in total. The van der Waals surface area contributed by atoms with Gasteiger partial charge >= 0.3 is 0 Å². The van der Waals surface area contributed by atoms with Gasteiger partial charge < -0.3 is 0 Å². The summed E-state index contributed by atoms with van der Waals surface area (Å²) in [5.74, 6) is 0.573. The highest BCUT2D eigenvalue weighted by atomic mass is 15.3. The van der Waals surface area contributed by atoms with Crippen molar-refractivity contribution in [1.29, 1.82) is 5.26 Å². The molecule has 0 aliphatic carbocycles. The molecule has 2 aromatic rings. The molecule has 1 heterocycles. The Morgan fingerprint density at radius 3 is 2.83 bits per heavy atom. The molecule has 0 saturated carbocycles. The molecule has 1 aromatic carbocycles. The zero-order valence-corrected chi connectivity index (χ0v) is 11.0. The SMILES string of the molecule is Cc1ccc(C#N)cc1-c1cnn(CC(C)C)c1. The molecule has 0 amide bonds. The highest BCUT2D eigenvalue weighted by Gasteiger charge is 2.07. The summed E-state index contributed by atoms with van der Waals surface area (Å²) in [6, 6.07) is 7.92. The van der Waals surface area contributed by atoms with Gasteiger partial charge in [0.15, 0.2) is 0 Å². The first-order valence-corrected chi connectivity index (χ1v) is 6.13. The summed E-state index contributed by atoms with van der Waals surface area (Å²) in [6.45, 7) is 7.30. The number of aromatic nitrogens is 2. The maximum atomic E-state index is 8.95. The van der Waals surface area contributed by atoms with Crippen LogP contribution in [0.25, 0.3) is 11.1 Å². The average molecular weight is 239 g/mol. The second-order valence-corrected chi connectivity index (χ2v) is 4.99. The van der Waals surface area contributed by atoms with Crippen LogP contribution in [0, 0.1) is 24.2 Å². The second-order valence-electron chi connectivity index (χ2n) is 4.99. The molecule has 0 unspecified atom stereocenters. The van der Waals surface area contributed by atoms with E-state index in [4.69, 9.17) is 5.26 Å². The zero-order chi connectivity index (χ0) is 13.1. The first kappa shape index (κ1) is 12.4. The van der Waals surface area contributed by atoms with Crippen LogP contribution in [0.4, 0.5) is 0 Å². The van der Waals surface area contributed by atoms with Crippen molar-refractivity contribution in [3.63, 3.8) is 0 Å². The molecule has 0 aliphatic rings. The van der Waals surface area contributed by atoms with Crippen LogP contribution in [-0.4, -0.2) is 9.78 Å². The normalized spacial score (nSPS) is 10.6. The van der Waals surface area contributed by atoms with Gasteiger partial charge in [0.25, 0.3) is 0 Å². The van der Waals surface area contributed by atoms with Crippen molar-refractivity contribution in [2.45, 2.75) is 27.3 Å². The molecule has 92 valence electrons. The minimum atomic E-state index is 0.573. The number of hydrogen-bond donors (Lipinski definition) is 0. The number of rotatable bonds is 3. The van der Waals surface area contributed by atoms with E-state index < -0.39 is 0 Å². The van der Waals surface area contributed by atoms with Crippen LogP contribution in [0.2, 0.25) is 0 Å². The Balaban J connectivity index is 2.37. The molecule has 18 heavy (non-hydrogen) atoms. The molecule has 0 spiro atoms. The summed E-state index contributed by atoms with van der Waals surface area (Å²) >= 11 is 0. The highest BCUT2D eigenvalue weighted by Crippen LogP contribution is 2.24. The lowest BCUT2D eigenvalue weighted by atomic mass is 10.0. The number of hydrogen-bond acceptors (Lipinski definition) is 2. The Labute approximate surface area is 108 Å². The van der Waals surface area contributed by atoms with Crippen LogP contribution in [0.15, 0.2) is 30.6 Å². The maximum absolute atomic E-state index is 8.95. The van der Waals surface area contributed by atoms with E-state index in [-0.39, 0.29) is 0 Å². The molecular weight excluding hydrogens is 222 g/mol. The van der Waals surface area contributed by atoms with Crippen molar-refractivity contribution in [2.75, 3.05) is 0 Å². The molecule has 0 saturated heterocycles. The van der Waals surface area contributed by atoms with E-state index in [1.54, 1.807) is 0 Å². The lowest BCUT2D eigenvalue weighted by Gasteiger charge is -2.05. The van der Waals surface area contributed by atoms with E-state index in [0.29, 0.717) is 11.5 Å². The number of nitriles is 1. The van der Waals surface area contributed by atoms with Crippen molar-refractivity contribution in [3.8, 4) is 17.2 Å². The van der Waals surface area contributed by atoms with Crippen molar-refractivity contribution in [2.24, 2.45) is 5.92 Å². The molecule has 3 heteroatoms. The molecule has 0 atom stereocenters. The van der Waals surface area contributed by atoms with Gasteiger partial charge in [-0.05, 0) is 36.1 Å². The summed E-state index contributed by atoms with van der Waals surface area (Å²) in [6.07, 6.45) is 3.91. The predicted molar refractivity (Wildman–Crippen MR) is 72.0 cm³/mol. The third kappa shape index (κ3) is 2.60. The highest BCUT2D eigenvalue weighted by molar-refractivity contribution is 5.67. The van der Waals surface area contributed by atoms with E-state index in [9.17, 15) is 0 Å². The second kappa shape index (κ2) is 5.05. The van der Waals surface area contributed by atoms with Gasteiger partial charge in [-0.25, -0.2) is 0 Å². The Bertz CT molecular complexity index is 588. The Kier molecular flexibility index (Phi) is 3.47. The van der Waals surface area contributed by atoms with E-state index in [0.717, 1.165) is 23.2 Å². The summed E-state index contributed by atoms with van der Waals surface area (Å²) in [5, 5.41) is 13.3. The minimum absolute atomic E-state index is 0.573. The largest absolute Gasteiger partial charge is 0.272 e. The van der Waals surface area contributed by atoms with Gasteiger partial charge in [0.2, 0.25) is 0 Å². The van der Waals surface area contributed by atoms with Crippen molar-refractivity contribution < 1.29 is 0 Å². The standard InChI is InChI=1S/C15H17N3/c1-11(2)9-18-10-14(8-17-18)15-6-13(7-16)5-4-12(15)3/h4-6,8,10-11H,9H2,1-3H3. The van der Waals surface area contributed by atoms with E-state index >= 15 is 0 Å². The van der Waals surface area contributed by atoms with Crippen molar-refractivity contribution >= 4 is 0 Å². The third-order valence-electron chi connectivity index (χ3n) is 2.86. The van der Waals surface area contributed by atoms with Crippen LogP contribution in [0.3, 0.4) is 0 Å². The Morgan fingerprint density at radius 1 is 1.39 bits per heavy atom.